The van der Waals surface area contributed by atoms with Crippen molar-refractivity contribution in [2.45, 2.75) is 122 Å². The summed E-state index contributed by atoms with van der Waals surface area (Å²) in [4.78, 5) is 31.2. The van der Waals surface area contributed by atoms with E-state index < -0.39 is 38.3 Å². The van der Waals surface area contributed by atoms with E-state index in [4.69, 9.17) is 28.0 Å². The molecule has 0 spiro atoms. The molecule has 0 bridgehead atoms. The summed E-state index contributed by atoms with van der Waals surface area (Å²) in [6.45, 7) is 10.3. The fourth-order valence-electron chi connectivity index (χ4n) is 8.30. The quantitative estimate of drug-likeness (QED) is 0.0527. The highest BCUT2D eigenvalue weighted by Crippen LogP contribution is 2.51. The molecule has 14 nitrogen and oxygen atoms in total. The number of hydrogen-bond acceptors (Lipinski definition) is 11. The van der Waals surface area contributed by atoms with Crippen molar-refractivity contribution in [3.63, 3.8) is 0 Å². The Bertz CT molecular complexity index is 2090. The predicted molar refractivity (Wildman–Crippen MR) is 239 cm³/mol. The van der Waals surface area contributed by atoms with Crippen molar-refractivity contribution < 1.29 is 32.8 Å². The van der Waals surface area contributed by atoms with Crippen LogP contribution in [0.5, 0.6) is 11.5 Å². The second-order valence-electron chi connectivity index (χ2n) is 16.3. The Morgan fingerprint density at radius 1 is 0.935 bits per heavy atom. The molecule has 2 heterocycles. The Balaban J connectivity index is 1.38. The minimum absolute atomic E-state index is 0.0288. The number of aryl methyl sites for hydroxylation is 1. The largest absolute Gasteiger partial charge is 0.497 e. The van der Waals surface area contributed by atoms with E-state index >= 15 is 0 Å². The van der Waals surface area contributed by atoms with Crippen LogP contribution in [-0.4, -0.2) is 78.0 Å². The Labute approximate surface area is 366 Å². The highest BCUT2D eigenvalue weighted by atomic mass is 31.2. The standard InChI is InChI=1S/C47H61N6O8P/c1-32(2)53(33(3)4)62(59-28-14-27-48)61-41-29-43(52-30-34(5)44(51-46(52)55)50-45(54)49-38-17-12-9-13-18-38)60-42(41)31-58-47(35-15-10-8-11-16-35,36-19-23-39(56-6)24-20-36)37-21-25-40(57-7)26-22-37/h8,10-11,15-16,19-26,30,32-33,38,41-43H,9,12-14,17-18,28-29,31H2,1-7H3,(H2,49,50,51,54,55)/t41-,42+,43+,62?/m0/s1. The van der Waals surface area contributed by atoms with Gasteiger partial charge in [-0.2, -0.15) is 10.2 Å². The van der Waals surface area contributed by atoms with E-state index in [2.05, 4.69) is 54.1 Å². The number of benzene rings is 3. The lowest BCUT2D eigenvalue weighted by Crippen LogP contribution is -2.40. The maximum Gasteiger partial charge on any atom is 0.351 e. The Hall–Kier alpha value is -4.87. The third-order valence-electron chi connectivity index (χ3n) is 11.3. The summed E-state index contributed by atoms with van der Waals surface area (Å²) in [5, 5.41) is 15.2. The maximum atomic E-state index is 13.9. The summed E-state index contributed by atoms with van der Waals surface area (Å²) in [6, 6.07) is 27.6. The van der Waals surface area contributed by atoms with Crippen molar-refractivity contribution in [1.29, 1.82) is 5.26 Å². The molecule has 332 valence electrons. The SMILES string of the molecule is COc1ccc(C(OC[C@H]2O[C@@H](n3cc(C)c(NC(=O)NC4CCCCC4)nc3=O)C[C@@H]2OP(OCCC#N)N(C(C)C)C(C)C)(c2ccccc2)c2ccc(OC)cc2)cc1. The smallest absolute Gasteiger partial charge is 0.351 e. The third-order valence-corrected chi connectivity index (χ3v) is 13.5. The molecule has 1 aliphatic heterocycles. The second-order valence-corrected chi connectivity index (χ2v) is 17.7. The molecule has 1 saturated carbocycles. The van der Waals surface area contributed by atoms with Crippen LogP contribution in [0.2, 0.25) is 0 Å². The van der Waals surface area contributed by atoms with E-state index in [9.17, 15) is 14.9 Å². The lowest BCUT2D eigenvalue weighted by molar-refractivity contribution is -0.0925. The summed E-state index contributed by atoms with van der Waals surface area (Å²) < 4.78 is 42.2. The number of nitrogens with zero attached hydrogens (tertiary/aromatic N) is 4. The second kappa shape index (κ2) is 22.0. The molecule has 1 unspecified atom stereocenters. The zero-order valence-corrected chi connectivity index (χ0v) is 37.8. The molecule has 2 N–H and O–H groups in total. The Morgan fingerprint density at radius 2 is 1.53 bits per heavy atom. The van der Waals surface area contributed by atoms with Gasteiger partial charge in [-0.1, -0.05) is 73.9 Å². The summed E-state index contributed by atoms with van der Waals surface area (Å²) in [5.74, 6) is 1.59. The number of urea groups is 1. The number of ether oxygens (including phenoxy) is 4. The Morgan fingerprint density at radius 3 is 2.10 bits per heavy atom. The molecular formula is C47H61N6O8P. The normalized spacial score (nSPS) is 18.8. The van der Waals surface area contributed by atoms with Gasteiger partial charge in [-0.05, 0) is 88.4 Å². The average molecular weight is 869 g/mol. The highest BCUT2D eigenvalue weighted by molar-refractivity contribution is 7.44. The van der Waals surface area contributed by atoms with Crippen LogP contribution in [0.4, 0.5) is 10.6 Å². The molecule has 6 rings (SSSR count). The number of carbonyl (C=O) groups is 1. The maximum absolute atomic E-state index is 13.9. The van der Waals surface area contributed by atoms with E-state index in [1.54, 1.807) is 27.3 Å². The zero-order valence-electron chi connectivity index (χ0n) is 36.9. The molecule has 2 fully saturated rings. The molecule has 1 aromatic heterocycles. The summed E-state index contributed by atoms with van der Waals surface area (Å²) >= 11 is 0. The van der Waals surface area contributed by atoms with E-state index in [1.165, 1.54) is 11.0 Å². The number of aromatic nitrogens is 2. The predicted octanol–water partition coefficient (Wildman–Crippen LogP) is 8.98. The van der Waals surface area contributed by atoms with Gasteiger partial charge < -0.3 is 33.3 Å². The van der Waals surface area contributed by atoms with Crippen LogP contribution < -0.4 is 25.8 Å². The van der Waals surface area contributed by atoms with Crippen LogP contribution in [-0.2, 0) is 24.1 Å². The number of methoxy groups -OCH3 is 2. The number of anilines is 1. The van der Waals surface area contributed by atoms with Gasteiger partial charge in [0.2, 0.25) is 0 Å². The molecule has 0 radical (unpaired) electrons. The molecular weight excluding hydrogens is 808 g/mol. The van der Waals surface area contributed by atoms with Crippen molar-refractivity contribution in [3.05, 3.63) is 118 Å². The summed E-state index contributed by atoms with van der Waals surface area (Å²) in [7, 11) is 1.57. The number of rotatable bonds is 19. The number of amides is 2. The minimum Gasteiger partial charge on any atom is -0.497 e. The molecule has 15 heteroatoms. The van der Waals surface area contributed by atoms with Gasteiger partial charge in [0.25, 0.3) is 8.53 Å². The van der Waals surface area contributed by atoms with Gasteiger partial charge in [-0.25, -0.2) is 14.3 Å². The molecule has 62 heavy (non-hydrogen) atoms. The van der Waals surface area contributed by atoms with E-state index in [0.29, 0.717) is 17.1 Å². The minimum atomic E-state index is -1.70. The van der Waals surface area contributed by atoms with Gasteiger partial charge in [0.15, 0.2) is 0 Å². The fourth-order valence-corrected chi connectivity index (χ4v) is 10.1. The van der Waals surface area contributed by atoms with Gasteiger partial charge in [0.1, 0.15) is 35.2 Å². The van der Waals surface area contributed by atoms with Crippen LogP contribution in [0.3, 0.4) is 0 Å². The molecule has 3 aromatic carbocycles. The van der Waals surface area contributed by atoms with Crippen molar-refractivity contribution >= 4 is 20.4 Å². The first-order valence-corrected chi connectivity index (χ1v) is 22.7. The molecule has 2 aliphatic rings. The lowest BCUT2D eigenvalue weighted by Gasteiger charge is -2.39. The summed E-state index contributed by atoms with van der Waals surface area (Å²) in [5.41, 5.74) is 1.44. The molecule has 1 saturated heterocycles. The van der Waals surface area contributed by atoms with Gasteiger partial charge in [0, 0.05) is 36.3 Å². The van der Waals surface area contributed by atoms with Gasteiger partial charge in [-0.3, -0.25) is 9.88 Å². The first-order chi connectivity index (χ1) is 30.0. The van der Waals surface area contributed by atoms with Crippen LogP contribution in [0.25, 0.3) is 0 Å². The third kappa shape index (κ3) is 11.2. The molecule has 4 aromatic rings. The Kier molecular flexibility index (Phi) is 16.5. The van der Waals surface area contributed by atoms with Crippen LogP contribution in [0.15, 0.2) is 89.9 Å². The van der Waals surface area contributed by atoms with Crippen molar-refractivity contribution in [2.75, 3.05) is 32.8 Å². The number of nitrogens with one attached hydrogen (secondary N) is 2. The van der Waals surface area contributed by atoms with Crippen LogP contribution in [0, 0.1) is 18.3 Å². The fraction of sp³-hybridized carbons (Fsp3) is 0.489. The van der Waals surface area contributed by atoms with Crippen molar-refractivity contribution in [3.8, 4) is 17.6 Å². The first-order valence-electron chi connectivity index (χ1n) is 21.5. The summed E-state index contributed by atoms with van der Waals surface area (Å²) in [6.07, 6.45) is 5.18. The van der Waals surface area contributed by atoms with Gasteiger partial charge >= 0.3 is 11.7 Å². The zero-order chi connectivity index (χ0) is 44.2. The van der Waals surface area contributed by atoms with Crippen molar-refractivity contribution in [1.82, 2.24) is 19.5 Å². The lowest BCUT2D eigenvalue weighted by atomic mass is 9.80. The molecule has 1 aliphatic carbocycles. The average Bonchev–Trinajstić information content (AvgIpc) is 3.67. The number of hydrogen-bond donors (Lipinski definition) is 2. The van der Waals surface area contributed by atoms with E-state index in [-0.39, 0.29) is 56.0 Å². The van der Waals surface area contributed by atoms with Crippen LogP contribution in [0.1, 0.15) is 101 Å². The molecule has 4 atom stereocenters. The van der Waals surface area contributed by atoms with E-state index in [1.807, 2.05) is 78.9 Å². The van der Waals surface area contributed by atoms with Gasteiger partial charge in [0.05, 0.1) is 46.0 Å². The first kappa shape index (κ1) is 46.6. The molecule has 2 amide bonds. The van der Waals surface area contributed by atoms with Gasteiger partial charge in [-0.15, -0.1) is 0 Å². The number of carbonyl (C=O) groups excluding carboxylic acids is 1. The monoisotopic (exact) mass is 868 g/mol. The van der Waals surface area contributed by atoms with E-state index in [0.717, 1.165) is 42.4 Å². The number of nitriles is 1. The highest BCUT2D eigenvalue weighted by Gasteiger charge is 2.45. The van der Waals surface area contributed by atoms with Crippen LogP contribution >= 0.6 is 8.53 Å². The topological polar surface area (TPSA) is 158 Å². The van der Waals surface area contributed by atoms with Crippen molar-refractivity contribution in [2.24, 2.45) is 0 Å².